The van der Waals surface area contributed by atoms with Crippen molar-refractivity contribution in [1.29, 1.82) is 0 Å². The summed E-state index contributed by atoms with van der Waals surface area (Å²) in [7, 11) is 1.82. The molecule has 0 saturated heterocycles. The zero-order valence-corrected chi connectivity index (χ0v) is 23.2. The number of hydrogen-bond acceptors (Lipinski definition) is 10. The van der Waals surface area contributed by atoms with Crippen LogP contribution in [0.3, 0.4) is 0 Å². The number of ether oxygens (including phenoxy) is 2. The number of aromatic nitrogens is 6. The highest BCUT2D eigenvalue weighted by atomic mass is 79.9. The molecule has 2 N–H and O–H groups in total. The molecule has 6 aromatic rings. The molecule has 0 unspecified atom stereocenters. The summed E-state index contributed by atoms with van der Waals surface area (Å²) in [6.07, 6.45) is 10.1. The maximum atomic E-state index is 8.55. The molecule has 0 fully saturated rings. The minimum absolute atomic E-state index is 0.463. The van der Waals surface area contributed by atoms with Crippen LogP contribution in [0.1, 0.15) is 0 Å². The Morgan fingerprint density at radius 1 is 0.625 bits per heavy atom. The molecule has 0 spiro atoms. The Bertz CT molecular complexity index is 1680. The number of fused-ring (bicyclic) bond motifs is 2. The Balaban J connectivity index is 0.000000148. The van der Waals surface area contributed by atoms with E-state index < -0.39 is 7.12 Å². The van der Waals surface area contributed by atoms with Gasteiger partial charge in [-0.1, -0.05) is 0 Å². The van der Waals surface area contributed by atoms with Crippen LogP contribution in [0.2, 0.25) is 0 Å². The summed E-state index contributed by atoms with van der Waals surface area (Å²) in [6, 6.07) is 18.2. The van der Waals surface area contributed by atoms with Gasteiger partial charge >= 0.3 is 7.12 Å². The number of hydrogen-bond donors (Lipinski definition) is 2. The summed E-state index contributed by atoms with van der Waals surface area (Å²) >= 11 is 3.40. The number of halogens is 1. The predicted molar refractivity (Wildman–Crippen MR) is 157 cm³/mol. The van der Waals surface area contributed by atoms with Crippen LogP contribution >= 0.6 is 15.9 Å². The average Bonchev–Trinajstić information content (AvgIpc) is 3.02. The Morgan fingerprint density at radius 3 is 1.70 bits per heavy atom. The highest BCUT2D eigenvalue weighted by Gasteiger charge is 2.08. The Morgan fingerprint density at radius 2 is 1.15 bits per heavy atom. The van der Waals surface area contributed by atoms with E-state index in [-0.39, 0.29) is 0 Å². The fraction of sp³-hybridized carbons (Fsp3) is 0.0714. The van der Waals surface area contributed by atoms with Crippen molar-refractivity contribution in [3.8, 4) is 22.9 Å². The van der Waals surface area contributed by atoms with Crippen molar-refractivity contribution in [2.24, 2.45) is 0 Å². The van der Waals surface area contributed by atoms with Gasteiger partial charge in [0.1, 0.15) is 11.0 Å². The third kappa shape index (κ3) is 7.32. The first-order valence-corrected chi connectivity index (χ1v) is 12.7. The van der Waals surface area contributed by atoms with Gasteiger partial charge in [0, 0.05) is 59.3 Å². The topological polar surface area (TPSA) is 136 Å². The lowest BCUT2D eigenvalue weighted by atomic mass is 9.81. The summed E-state index contributed by atoms with van der Waals surface area (Å²) < 4.78 is 11.1. The van der Waals surface area contributed by atoms with Gasteiger partial charge in [-0.15, -0.1) is 0 Å². The molecule has 0 aromatic carbocycles. The second-order valence-corrected chi connectivity index (χ2v) is 8.84. The standard InChI is InChI=1S/C14H11N3O.C9H7BrN2O.C5H6BNO2/c1-18-13-3-2-12-14(17-13)11(6-9-16-12)10-4-7-15-8-5-10;1-13-8-3-2-7-9(12-8)6(10)4-5-11-7;8-6(9)5-1-3-7-4-2-5/h2-9H,1H3;2-5H,1H3;1-4,8-9H. The van der Waals surface area contributed by atoms with E-state index in [2.05, 4.69) is 45.8 Å². The van der Waals surface area contributed by atoms with E-state index >= 15 is 0 Å². The highest BCUT2D eigenvalue weighted by molar-refractivity contribution is 9.10. The molecule has 6 rings (SSSR count). The quantitative estimate of drug-likeness (QED) is 0.288. The van der Waals surface area contributed by atoms with Crippen molar-refractivity contribution in [3.63, 3.8) is 0 Å². The molecule has 40 heavy (non-hydrogen) atoms. The van der Waals surface area contributed by atoms with E-state index in [1.165, 1.54) is 12.4 Å². The van der Waals surface area contributed by atoms with E-state index in [4.69, 9.17) is 19.5 Å². The van der Waals surface area contributed by atoms with Gasteiger partial charge in [-0.05, 0) is 75.5 Å². The van der Waals surface area contributed by atoms with Crippen LogP contribution in [0.25, 0.3) is 33.2 Å². The van der Waals surface area contributed by atoms with Crippen molar-refractivity contribution < 1.29 is 19.5 Å². The maximum absolute atomic E-state index is 8.55. The molecule has 200 valence electrons. The van der Waals surface area contributed by atoms with Crippen LogP contribution in [-0.4, -0.2) is 61.3 Å². The number of methoxy groups -OCH3 is 2. The smallest absolute Gasteiger partial charge is 0.481 e. The zero-order valence-electron chi connectivity index (χ0n) is 21.6. The minimum Gasteiger partial charge on any atom is -0.481 e. The second kappa shape index (κ2) is 14.0. The van der Waals surface area contributed by atoms with Crippen LogP contribution in [0.4, 0.5) is 0 Å². The molecule has 0 atom stereocenters. The molecule has 0 aliphatic carbocycles. The van der Waals surface area contributed by atoms with Crippen LogP contribution in [0.5, 0.6) is 11.8 Å². The molecule has 0 bridgehead atoms. The monoisotopic (exact) mass is 598 g/mol. The zero-order chi connectivity index (χ0) is 28.3. The van der Waals surface area contributed by atoms with Crippen molar-refractivity contribution in [2.45, 2.75) is 0 Å². The third-order valence-electron chi connectivity index (χ3n) is 5.48. The van der Waals surface area contributed by atoms with E-state index in [9.17, 15) is 0 Å². The van der Waals surface area contributed by atoms with Gasteiger partial charge in [0.05, 0.1) is 25.3 Å². The van der Waals surface area contributed by atoms with Crippen LogP contribution in [-0.2, 0) is 0 Å². The van der Waals surface area contributed by atoms with Gasteiger partial charge in [-0.3, -0.25) is 19.9 Å². The lowest BCUT2D eigenvalue weighted by Gasteiger charge is -2.06. The molecule has 0 aliphatic heterocycles. The van der Waals surface area contributed by atoms with E-state index in [1.54, 1.807) is 57.2 Å². The van der Waals surface area contributed by atoms with Gasteiger partial charge in [0.25, 0.3) is 0 Å². The third-order valence-corrected chi connectivity index (χ3v) is 6.12. The summed E-state index contributed by atoms with van der Waals surface area (Å²) in [5.74, 6) is 1.19. The van der Waals surface area contributed by atoms with Gasteiger partial charge in [-0.2, -0.15) is 0 Å². The van der Waals surface area contributed by atoms with Crippen molar-refractivity contribution >= 4 is 50.6 Å². The summed E-state index contributed by atoms with van der Waals surface area (Å²) in [6.45, 7) is 0. The van der Waals surface area contributed by atoms with Gasteiger partial charge in [0.2, 0.25) is 11.8 Å². The van der Waals surface area contributed by atoms with Crippen LogP contribution in [0, 0.1) is 0 Å². The van der Waals surface area contributed by atoms with Crippen LogP contribution < -0.4 is 14.9 Å². The lowest BCUT2D eigenvalue weighted by molar-refractivity contribution is 0.399. The van der Waals surface area contributed by atoms with E-state index in [1.807, 2.05) is 42.5 Å². The summed E-state index contributed by atoms with van der Waals surface area (Å²) in [5.41, 5.74) is 5.93. The normalized spacial score (nSPS) is 10.1. The molecule has 6 aromatic heterocycles. The fourth-order valence-corrected chi connectivity index (χ4v) is 3.92. The predicted octanol–water partition coefficient (Wildman–Crippen LogP) is 3.86. The summed E-state index contributed by atoms with van der Waals surface area (Å²) in [4.78, 5) is 24.9. The molecular formula is C28H24BBrN6O4. The SMILES string of the molecule is COc1ccc2nccc(-c3ccncc3)c2n1.COc1ccc2nccc(Br)c2n1.OB(O)c1ccncc1. The molecule has 10 nitrogen and oxygen atoms in total. The molecule has 0 amide bonds. The Labute approximate surface area is 239 Å². The van der Waals surface area contributed by atoms with Crippen LogP contribution in [0.15, 0.2) is 102 Å². The molecule has 0 aliphatic rings. The Hall–Kier alpha value is -4.52. The number of pyridine rings is 6. The van der Waals surface area contributed by atoms with E-state index in [0.717, 1.165) is 37.7 Å². The summed E-state index contributed by atoms with van der Waals surface area (Å²) in [5, 5.41) is 17.1. The second-order valence-electron chi connectivity index (χ2n) is 7.98. The highest BCUT2D eigenvalue weighted by Crippen LogP contribution is 2.27. The largest absolute Gasteiger partial charge is 0.488 e. The minimum atomic E-state index is -1.38. The van der Waals surface area contributed by atoms with Gasteiger partial charge < -0.3 is 19.5 Å². The molecule has 6 heterocycles. The van der Waals surface area contributed by atoms with Crippen molar-refractivity contribution in [1.82, 2.24) is 29.9 Å². The van der Waals surface area contributed by atoms with E-state index in [0.29, 0.717) is 17.2 Å². The average molecular weight is 599 g/mol. The molecule has 0 saturated carbocycles. The first-order chi connectivity index (χ1) is 19.5. The van der Waals surface area contributed by atoms with Crippen molar-refractivity contribution in [2.75, 3.05) is 14.2 Å². The van der Waals surface area contributed by atoms with Crippen molar-refractivity contribution in [3.05, 3.63) is 102 Å². The molecule has 12 heteroatoms. The molecule has 0 radical (unpaired) electrons. The Kier molecular flexibility index (Phi) is 10.00. The van der Waals surface area contributed by atoms with Gasteiger partial charge in [0.15, 0.2) is 0 Å². The first kappa shape index (κ1) is 28.5. The molecular weight excluding hydrogens is 575 g/mol. The number of rotatable bonds is 4. The van der Waals surface area contributed by atoms with Gasteiger partial charge in [-0.25, -0.2) is 9.97 Å². The fourth-order valence-electron chi connectivity index (χ4n) is 3.51. The number of nitrogens with zero attached hydrogens (tertiary/aromatic N) is 6. The maximum Gasteiger partial charge on any atom is 0.488 e. The first-order valence-electron chi connectivity index (χ1n) is 11.9. The lowest BCUT2D eigenvalue weighted by Crippen LogP contribution is -2.29.